The fraction of sp³-hybridized carbons (Fsp3) is 0.500. The number of piperidine rings is 1. The monoisotopic (exact) mass is 277 g/mol. The highest BCUT2D eigenvalue weighted by molar-refractivity contribution is 5.94. The maximum absolute atomic E-state index is 12.1. The molecule has 6 heteroatoms. The number of carbonyl (C=O) groups excluding carboxylic acids is 1. The summed E-state index contributed by atoms with van der Waals surface area (Å²) in [6.45, 7) is 3.07. The van der Waals surface area contributed by atoms with Crippen molar-refractivity contribution in [3.63, 3.8) is 0 Å². The van der Waals surface area contributed by atoms with Crippen LogP contribution in [0, 0.1) is 0 Å². The minimum absolute atomic E-state index is 0.115. The van der Waals surface area contributed by atoms with Crippen molar-refractivity contribution in [2.45, 2.75) is 31.8 Å². The minimum atomic E-state index is -1.13. The summed E-state index contributed by atoms with van der Waals surface area (Å²) in [6.07, 6.45) is 1.78. The van der Waals surface area contributed by atoms with Crippen molar-refractivity contribution >= 4 is 11.9 Å². The molecule has 20 heavy (non-hydrogen) atoms. The second-order valence-corrected chi connectivity index (χ2v) is 5.24. The summed E-state index contributed by atoms with van der Waals surface area (Å²) >= 11 is 0. The number of rotatable bonds is 3. The Balaban J connectivity index is 2.01. The van der Waals surface area contributed by atoms with Crippen LogP contribution in [0.3, 0.4) is 0 Å². The molecular weight excluding hydrogens is 258 g/mol. The SMILES string of the molecule is CC1CC(NC(=O)c2cccc(C(=O)O)n2)CCN1C. The molecule has 6 nitrogen and oxygen atoms in total. The van der Waals surface area contributed by atoms with E-state index < -0.39 is 5.97 Å². The van der Waals surface area contributed by atoms with Gasteiger partial charge >= 0.3 is 5.97 Å². The van der Waals surface area contributed by atoms with Crippen LogP contribution in [0.1, 0.15) is 40.7 Å². The van der Waals surface area contributed by atoms with E-state index in [2.05, 4.69) is 29.2 Å². The van der Waals surface area contributed by atoms with Gasteiger partial charge in [0.2, 0.25) is 0 Å². The summed E-state index contributed by atoms with van der Waals surface area (Å²) < 4.78 is 0. The van der Waals surface area contributed by atoms with Crippen molar-refractivity contribution in [3.8, 4) is 0 Å². The molecular formula is C14H19N3O3. The smallest absolute Gasteiger partial charge is 0.354 e. The van der Waals surface area contributed by atoms with Crippen molar-refractivity contribution < 1.29 is 14.7 Å². The molecule has 2 unspecified atom stereocenters. The van der Waals surface area contributed by atoms with Crippen molar-refractivity contribution in [2.24, 2.45) is 0 Å². The molecule has 0 aromatic carbocycles. The third-order valence-corrected chi connectivity index (χ3v) is 3.74. The van der Waals surface area contributed by atoms with Crippen LogP contribution in [0.5, 0.6) is 0 Å². The number of nitrogens with one attached hydrogen (secondary N) is 1. The molecule has 0 radical (unpaired) electrons. The molecule has 1 aliphatic heterocycles. The molecule has 0 saturated carbocycles. The molecule has 2 atom stereocenters. The average molecular weight is 277 g/mol. The van der Waals surface area contributed by atoms with Gasteiger partial charge in [-0.3, -0.25) is 4.79 Å². The number of carboxylic acid groups (broad SMARTS) is 1. The largest absolute Gasteiger partial charge is 0.477 e. The van der Waals surface area contributed by atoms with Gasteiger partial charge in [0.1, 0.15) is 11.4 Å². The molecule has 1 fully saturated rings. The van der Waals surface area contributed by atoms with Crippen molar-refractivity contribution in [3.05, 3.63) is 29.6 Å². The first-order valence-electron chi connectivity index (χ1n) is 6.69. The Morgan fingerprint density at radius 3 is 2.75 bits per heavy atom. The summed E-state index contributed by atoms with van der Waals surface area (Å²) in [5.74, 6) is -1.44. The zero-order valence-electron chi connectivity index (χ0n) is 11.7. The number of nitrogens with zero attached hydrogens (tertiary/aromatic N) is 2. The molecule has 2 rings (SSSR count). The second kappa shape index (κ2) is 6.00. The Labute approximate surface area is 117 Å². The first kappa shape index (κ1) is 14.5. The minimum Gasteiger partial charge on any atom is -0.477 e. The lowest BCUT2D eigenvalue weighted by Gasteiger charge is -2.35. The highest BCUT2D eigenvalue weighted by Crippen LogP contribution is 2.15. The third kappa shape index (κ3) is 3.33. The fourth-order valence-corrected chi connectivity index (χ4v) is 2.36. The number of amides is 1. The van der Waals surface area contributed by atoms with Crippen LogP contribution in [0.2, 0.25) is 0 Å². The van der Waals surface area contributed by atoms with Gasteiger partial charge in [-0.2, -0.15) is 0 Å². The van der Waals surface area contributed by atoms with E-state index in [1.807, 2.05) is 0 Å². The summed E-state index contributed by atoms with van der Waals surface area (Å²) in [5.41, 5.74) is 0.0332. The molecule has 0 bridgehead atoms. The Morgan fingerprint density at radius 1 is 1.40 bits per heavy atom. The number of aromatic nitrogens is 1. The molecule has 1 saturated heterocycles. The molecule has 108 valence electrons. The number of aromatic carboxylic acids is 1. The zero-order valence-corrected chi connectivity index (χ0v) is 11.7. The number of hydrogen-bond donors (Lipinski definition) is 2. The van der Waals surface area contributed by atoms with Gasteiger partial charge in [-0.25, -0.2) is 9.78 Å². The average Bonchev–Trinajstić information content (AvgIpc) is 2.43. The lowest BCUT2D eigenvalue weighted by molar-refractivity contribution is 0.0690. The molecule has 1 amide bonds. The van der Waals surface area contributed by atoms with Crippen LogP contribution < -0.4 is 5.32 Å². The van der Waals surface area contributed by atoms with E-state index in [4.69, 9.17) is 5.11 Å². The normalized spacial score (nSPS) is 23.3. The van der Waals surface area contributed by atoms with Gasteiger partial charge in [0, 0.05) is 18.6 Å². The lowest BCUT2D eigenvalue weighted by atomic mass is 9.99. The molecule has 1 aromatic rings. The maximum atomic E-state index is 12.1. The first-order chi connectivity index (χ1) is 9.47. The van der Waals surface area contributed by atoms with Crippen LogP contribution in [0.15, 0.2) is 18.2 Å². The second-order valence-electron chi connectivity index (χ2n) is 5.24. The Morgan fingerprint density at radius 2 is 2.10 bits per heavy atom. The van der Waals surface area contributed by atoms with Gasteiger partial charge in [-0.15, -0.1) is 0 Å². The number of likely N-dealkylation sites (tertiary alicyclic amines) is 1. The van der Waals surface area contributed by atoms with Gasteiger partial charge in [0.25, 0.3) is 5.91 Å². The summed E-state index contributed by atoms with van der Waals surface area (Å²) in [4.78, 5) is 29.0. The van der Waals surface area contributed by atoms with Gasteiger partial charge in [0.05, 0.1) is 0 Å². The van der Waals surface area contributed by atoms with Crippen LogP contribution in [-0.2, 0) is 0 Å². The number of carbonyl (C=O) groups is 2. The van der Waals surface area contributed by atoms with Crippen molar-refractivity contribution in [1.29, 1.82) is 0 Å². The molecule has 0 aliphatic carbocycles. The molecule has 0 spiro atoms. The van der Waals surface area contributed by atoms with Gasteiger partial charge in [0.15, 0.2) is 0 Å². The van der Waals surface area contributed by atoms with Gasteiger partial charge in [-0.05, 0) is 38.9 Å². The summed E-state index contributed by atoms with van der Waals surface area (Å²) in [7, 11) is 2.07. The van der Waals surface area contributed by atoms with Crippen LogP contribution >= 0.6 is 0 Å². The predicted molar refractivity (Wildman–Crippen MR) is 73.8 cm³/mol. The summed E-state index contributed by atoms with van der Waals surface area (Å²) in [5, 5.41) is 11.8. The lowest BCUT2D eigenvalue weighted by Crippen LogP contribution is -2.47. The van der Waals surface area contributed by atoms with E-state index in [0.717, 1.165) is 19.4 Å². The van der Waals surface area contributed by atoms with E-state index in [0.29, 0.717) is 6.04 Å². The summed E-state index contributed by atoms with van der Waals surface area (Å²) in [6, 6.07) is 4.97. The Kier molecular flexibility index (Phi) is 4.34. The van der Waals surface area contributed by atoms with Crippen molar-refractivity contribution in [1.82, 2.24) is 15.2 Å². The fourth-order valence-electron chi connectivity index (χ4n) is 2.36. The van der Waals surface area contributed by atoms with Crippen LogP contribution in [-0.4, -0.2) is 52.5 Å². The number of pyridine rings is 1. The first-order valence-corrected chi connectivity index (χ1v) is 6.69. The zero-order chi connectivity index (χ0) is 14.7. The van der Waals surface area contributed by atoms with E-state index in [9.17, 15) is 9.59 Å². The number of carboxylic acids is 1. The van der Waals surface area contributed by atoms with Gasteiger partial charge < -0.3 is 15.3 Å². The predicted octanol–water partition coefficient (Wildman–Crippen LogP) is 0.992. The standard InChI is InChI=1S/C14H19N3O3/c1-9-8-10(6-7-17(9)2)15-13(18)11-4-3-5-12(16-11)14(19)20/h3-5,9-10H,6-8H2,1-2H3,(H,15,18)(H,19,20). The quantitative estimate of drug-likeness (QED) is 0.861. The van der Waals surface area contributed by atoms with Crippen LogP contribution in [0.4, 0.5) is 0 Å². The Bertz CT molecular complexity index is 518. The third-order valence-electron chi connectivity index (χ3n) is 3.74. The topological polar surface area (TPSA) is 82.5 Å². The number of hydrogen-bond acceptors (Lipinski definition) is 4. The Hall–Kier alpha value is -1.95. The molecule has 1 aromatic heterocycles. The maximum Gasteiger partial charge on any atom is 0.354 e. The van der Waals surface area contributed by atoms with E-state index in [-0.39, 0.29) is 23.3 Å². The molecule has 1 aliphatic rings. The van der Waals surface area contributed by atoms with Crippen molar-refractivity contribution in [2.75, 3.05) is 13.6 Å². The van der Waals surface area contributed by atoms with E-state index in [1.165, 1.54) is 18.2 Å². The molecule has 2 heterocycles. The van der Waals surface area contributed by atoms with E-state index in [1.54, 1.807) is 0 Å². The van der Waals surface area contributed by atoms with Crippen LogP contribution in [0.25, 0.3) is 0 Å². The highest BCUT2D eigenvalue weighted by atomic mass is 16.4. The van der Waals surface area contributed by atoms with Gasteiger partial charge in [-0.1, -0.05) is 6.07 Å². The van der Waals surface area contributed by atoms with E-state index >= 15 is 0 Å². The molecule has 2 N–H and O–H groups in total. The highest BCUT2D eigenvalue weighted by Gasteiger charge is 2.24.